The summed E-state index contributed by atoms with van der Waals surface area (Å²) in [6.07, 6.45) is 5.26. The Hall–Kier alpha value is -3.37. The predicted molar refractivity (Wildman–Crippen MR) is 171 cm³/mol. The Morgan fingerprint density at radius 3 is 2.40 bits per heavy atom. The van der Waals surface area contributed by atoms with E-state index in [0.29, 0.717) is 27.5 Å². The highest BCUT2D eigenvalue weighted by Crippen LogP contribution is 2.46. The number of benzene rings is 2. The van der Waals surface area contributed by atoms with E-state index in [1.54, 1.807) is 25.7 Å². The average Bonchev–Trinajstić information content (AvgIpc) is 3.33. The molecule has 0 spiro atoms. The number of carbonyl (C=O) groups is 3. The zero-order chi connectivity index (χ0) is 31.0. The summed E-state index contributed by atoms with van der Waals surface area (Å²) in [6, 6.07) is 17.2. The van der Waals surface area contributed by atoms with Gasteiger partial charge in [-0.25, -0.2) is 14.4 Å². The number of amides is 1. The lowest BCUT2D eigenvalue weighted by molar-refractivity contribution is -0.157. The van der Waals surface area contributed by atoms with E-state index in [-0.39, 0.29) is 23.8 Å². The van der Waals surface area contributed by atoms with E-state index < -0.39 is 23.6 Å². The first-order chi connectivity index (χ1) is 20.6. The van der Waals surface area contributed by atoms with Gasteiger partial charge < -0.3 is 18.9 Å². The minimum Gasteiger partial charge on any atom is -0.479 e. The number of halogens is 1. The highest BCUT2D eigenvalue weighted by molar-refractivity contribution is 9.10. The summed E-state index contributed by atoms with van der Waals surface area (Å²) in [5.41, 5.74) is 1.70. The fraction of sp³-hybridized carbons (Fsp3) is 0.424. The van der Waals surface area contributed by atoms with Gasteiger partial charge in [-0.3, -0.25) is 4.90 Å². The SMILES string of the molecule is COC(=O)c1sc(-c2cccc(N(CC3CCCCC3)C(=O)OCc3ccccc3)c2)c(Br)c1OCC(=O)OC(C)(C)C. The van der Waals surface area contributed by atoms with Crippen LogP contribution in [0.5, 0.6) is 5.75 Å². The van der Waals surface area contributed by atoms with Crippen molar-refractivity contribution < 1.29 is 33.3 Å². The van der Waals surface area contributed by atoms with Gasteiger partial charge in [0.2, 0.25) is 0 Å². The summed E-state index contributed by atoms with van der Waals surface area (Å²) >= 11 is 4.76. The van der Waals surface area contributed by atoms with Gasteiger partial charge >= 0.3 is 18.0 Å². The number of ether oxygens (including phenoxy) is 4. The van der Waals surface area contributed by atoms with Crippen LogP contribution in [0.15, 0.2) is 59.1 Å². The first-order valence-electron chi connectivity index (χ1n) is 14.4. The first-order valence-corrected chi connectivity index (χ1v) is 16.0. The molecule has 0 bridgehead atoms. The van der Waals surface area contributed by atoms with Crippen LogP contribution in [-0.4, -0.2) is 43.9 Å². The maximum Gasteiger partial charge on any atom is 0.414 e. The standard InChI is InChI=1S/C33H38BrNO7S/c1-33(2,3)42-26(36)21-40-28-27(34)29(43-30(28)31(37)39-4)24-16-11-17-25(18-24)35(19-22-12-7-5-8-13-22)32(38)41-20-23-14-9-6-10-15-23/h6,9-11,14-18,22H,5,7-8,12-13,19-21H2,1-4H3. The number of hydrogen-bond donors (Lipinski definition) is 0. The molecule has 1 saturated carbocycles. The van der Waals surface area contributed by atoms with Crippen LogP contribution in [0.4, 0.5) is 10.5 Å². The molecule has 1 aliphatic carbocycles. The van der Waals surface area contributed by atoms with E-state index in [0.717, 1.165) is 36.8 Å². The topological polar surface area (TPSA) is 91.4 Å². The van der Waals surface area contributed by atoms with E-state index in [4.69, 9.17) is 18.9 Å². The fourth-order valence-corrected chi connectivity index (χ4v) is 6.93. The minimum absolute atomic E-state index is 0.178. The lowest BCUT2D eigenvalue weighted by atomic mass is 9.89. The van der Waals surface area contributed by atoms with Crippen molar-refractivity contribution in [2.24, 2.45) is 5.92 Å². The highest BCUT2D eigenvalue weighted by atomic mass is 79.9. The number of anilines is 1. The quantitative estimate of drug-likeness (QED) is 0.158. The largest absolute Gasteiger partial charge is 0.479 e. The van der Waals surface area contributed by atoms with Crippen molar-refractivity contribution >= 4 is 51.0 Å². The number of esters is 2. The van der Waals surface area contributed by atoms with E-state index in [2.05, 4.69) is 15.9 Å². The molecule has 1 fully saturated rings. The number of nitrogens with zero attached hydrogens (tertiary/aromatic N) is 1. The smallest absolute Gasteiger partial charge is 0.414 e. The highest BCUT2D eigenvalue weighted by Gasteiger charge is 2.28. The third-order valence-electron chi connectivity index (χ3n) is 6.95. The van der Waals surface area contributed by atoms with E-state index in [1.165, 1.54) is 24.9 Å². The molecule has 0 N–H and O–H groups in total. The molecule has 8 nitrogen and oxygen atoms in total. The third-order valence-corrected chi connectivity index (χ3v) is 9.16. The molecule has 0 saturated heterocycles. The number of methoxy groups -OCH3 is 1. The summed E-state index contributed by atoms with van der Waals surface area (Å²) in [5, 5.41) is 0. The molecule has 4 rings (SSSR count). The van der Waals surface area contributed by atoms with Gasteiger partial charge in [0, 0.05) is 12.2 Å². The molecular formula is C33H38BrNO7S. The molecule has 2 aromatic carbocycles. The summed E-state index contributed by atoms with van der Waals surface area (Å²) in [4.78, 5) is 41.1. The molecule has 0 atom stereocenters. The zero-order valence-electron chi connectivity index (χ0n) is 25.0. The molecule has 43 heavy (non-hydrogen) atoms. The van der Waals surface area contributed by atoms with Crippen molar-refractivity contribution in [3.05, 3.63) is 69.5 Å². The minimum atomic E-state index is -0.672. The van der Waals surface area contributed by atoms with E-state index >= 15 is 0 Å². The lowest BCUT2D eigenvalue weighted by Crippen LogP contribution is -2.36. The molecule has 1 aliphatic rings. The van der Waals surface area contributed by atoms with Gasteiger partial charge in [-0.05, 0) is 78.7 Å². The van der Waals surface area contributed by atoms with Gasteiger partial charge in [0.05, 0.1) is 16.5 Å². The van der Waals surface area contributed by atoms with Crippen LogP contribution in [0, 0.1) is 5.92 Å². The number of thiophene rings is 1. The van der Waals surface area contributed by atoms with Crippen molar-refractivity contribution in [3.63, 3.8) is 0 Å². The van der Waals surface area contributed by atoms with Crippen LogP contribution >= 0.6 is 27.3 Å². The van der Waals surface area contributed by atoms with Crippen molar-refractivity contribution in [3.8, 4) is 16.2 Å². The molecule has 230 valence electrons. The Kier molecular flexibility index (Phi) is 11.3. The van der Waals surface area contributed by atoms with E-state index in [1.807, 2.05) is 54.6 Å². The van der Waals surface area contributed by atoms with Crippen LogP contribution in [0.3, 0.4) is 0 Å². The van der Waals surface area contributed by atoms with Gasteiger partial charge in [0.1, 0.15) is 12.2 Å². The molecule has 0 unspecified atom stereocenters. The number of carbonyl (C=O) groups excluding carboxylic acids is 3. The Morgan fingerprint density at radius 1 is 1.00 bits per heavy atom. The van der Waals surface area contributed by atoms with Gasteiger partial charge in [-0.1, -0.05) is 61.7 Å². The summed E-state index contributed by atoms with van der Waals surface area (Å²) < 4.78 is 22.4. The normalized spacial score (nSPS) is 13.7. The van der Waals surface area contributed by atoms with Crippen molar-refractivity contribution in [1.29, 1.82) is 0 Å². The second-order valence-electron chi connectivity index (χ2n) is 11.5. The lowest BCUT2D eigenvalue weighted by Gasteiger charge is -2.29. The van der Waals surface area contributed by atoms with Crippen molar-refractivity contribution in [2.75, 3.05) is 25.2 Å². The number of rotatable bonds is 10. The van der Waals surface area contributed by atoms with Crippen LogP contribution in [-0.2, 0) is 25.6 Å². The fourth-order valence-electron chi connectivity index (χ4n) is 4.97. The molecular weight excluding hydrogens is 634 g/mol. The molecule has 10 heteroatoms. The summed E-state index contributed by atoms with van der Waals surface area (Å²) in [7, 11) is 1.29. The monoisotopic (exact) mass is 671 g/mol. The molecule has 1 heterocycles. The van der Waals surface area contributed by atoms with Crippen LogP contribution in [0.2, 0.25) is 0 Å². The van der Waals surface area contributed by atoms with Crippen LogP contribution in [0.25, 0.3) is 10.4 Å². The maximum absolute atomic E-state index is 13.5. The van der Waals surface area contributed by atoms with Crippen LogP contribution < -0.4 is 9.64 Å². The average molecular weight is 673 g/mol. The van der Waals surface area contributed by atoms with E-state index in [9.17, 15) is 14.4 Å². The molecule has 1 aromatic heterocycles. The Balaban J connectivity index is 1.63. The third kappa shape index (κ3) is 9.06. The Labute approximate surface area is 265 Å². The maximum atomic E-state index is 13.5. The first kappa shape index (κ1) is 32.5. The second-order valence-corrected chi connectivity index (χ2v) is 13.3. The Morgan fingerprint density at radius 2 is 1.72 bits per heavy atom. The summed E-state index contributed by atoms with van der Waals surface area (Å²) in [6.45, 7) is 5.67. The summed E-state index contributed by atoms with van der Waals surface area (Å²) in [5.74, 6) is -0.563. The molecule has 3 aromatic rings. The Bertz CT molecular complexity index is 1410. The van der Waals surface area contributed by atoms with Crippen LogP contribution in [0.1, 0.15) is 68.1 Å². The zero-order valence-corrected chi connectivity index (χ0v) is 27.4. The number of hydrogen-bond acceptors (Lipinski definition) is 8. The van der Waals surface area contributed by atoms with Crippen molar-refractivity contribution in [2.45, 2.75) is 65.1 Å². The molecule has 0 radical (unpaired) electrons. The van der Waals surface area contributed by atoms with Crippen molar-refractivity contribution in [1.82, 2.24) is 0 Å². The molecule has 1 amide bonds. The predicted octanol–water partition coefficient (Wildman–Crippen LogP) is 8.41. The van der Waals surface area contributed by atoms with Gasteiger partial charge in [0.25, 0.3) is 0 Å². The van der Waals surface area contributed by atoms with Gasteiger partial charge in [-0.15, -0.1) is 11.3 Å². The second kappa shape index (κ2) is 14.9. The van der Waals surface area contributed by atoms with Gasteiger partial charge in [-0.2, -0.15) is 0 Å². The van der Waals surface area contributed by atoms with Gasteiger partial charge in [0.15, 0.2) is 17.2 Å². The molecule has 0 aliphatic heterocycles.